The molecule has 3 aromatic rings. The largest absolute Gasteiger partial charge is 0.484 e. The summed E-state index contributed by atoms with van der Waals surface area (Å²) >= 11 is 3.48. The fourth-order valence-electron chi connectivity index (χ4n) is 3.60. The molecular formula is C28H30BrFN2O3. The highest BCUT2D eigenvalue weighted by molar-refractivity contribution is 9.10. The van der Waals surface area contributed by atoms with Crippen molar-refractivity contribution in [1.29, 1.82) is 0 Å². The van der Waals surface area contributed by atoms with Gasteiger partial charge in [0, 0.05) is 23.0 Å². The van der Waals surface area contributed by atoms with E-state index in [9.17, 15) is 14.0 Å². The van der Waals surface area contributed by atoms with Crippen LogP contribution in [0.15, 0.2) is 83.3 Å². The SMILES string of the molecule is CC(C)(C)NC(=O)[C@@H](Cc1ccccc1)N(Cc1cccc(Br)c1)C(=O)COc1ccc(F)cc1. The van der Waals surface area contributed by atoms with Crippen LogP contribution in [0.5, 0.6) is 5.75 Å². The maximum atomic E-state index is 13.5. The van der Waals surface area contributed by atoms with Crippen molar-refractivity contribution in [2.24, 2.45) is 0 Å². The Morgan fingerprint density at radius 1 is 0.971 bits per heavy atom. The fraction of sp³-hybridized carbons (Fsp3) is 0.286. The van der Waals surface area contributed by atoms with Gasteiger partial charge in [0.05, 0.1) is 0 Å². The van der Waals surface area contributed by atoms with Gasteiger partial charge < -0.3 is 15.0 Å². The molecule has 0 spiro atoms. The molecule has 0 bridgehead atoms. The number of nitrogens with zero attached hydrogens (tertiary/aromatic N) is 1. The minimum absolute atomic E-state index is 0.222. The Bertz CT molecular complexity index is 1130. The van der Waals surface area contributed by atoms with E-state index in [1.165, 1.54) is 24.3 Å². The molecule has 1 N–H and O–H groups in total. The lowest BCUT2D eigenvalue weighted by Gasteiger charge is -2.33. The highest BCUT2D eigenvalue weighted by Gasteiger charge is 2.32. The van der Waals surface area contributed by atoms with Gasteiger partial charge in [-0.2, -0.15) is 0 Å². The van der Waals surface area contributed by atoms with E-state index in [2.05, 4.69) is 21.2 Å². The van der Waals surface area contributed by atoms with E-state index in [4.69, 9.17) is 4.74 Å². The van der Waals surface area contributed by atoms with Crippen LogP contribution in [0.25, 0.3) is 0 Å². The van der Waals surface area contributed by atoms with Gasteiger partial charge in [-0.15, -0.1) is 0 Å². The third-order valence-electron chi connectivity index (χ3n) is 5.19. The van der Waals surface area contributed by atoms with Crippen LogP contribution < -0.4 is 10.1 Å². The number of hydrogen-bond donors (Lipinski definition) is 1. The number of carbonyl (C=O) groups is 2. The Kier molecular flexibility index (Phi) is 9.04. The average Bonchev–Trinajstić information content (AvgIpc) is 2.80. The normalized spacial score (nSPS) is 12.0. The summed E-state index contributed by atoms with van der Waals surface area (Å²) in [6.45, 7) is 5.65. The minimum Gasteiger partial charge on any atom is -0.484 e. The molecule has 0 unspecified atom stereocenters. The summed E-state index contributed by atoms with van der Waals surface area (Å²) in [7, 11) is 0. The van der Waals surface area contributed by atoms with Gasteiger partial charge in [-0.3, -0.25) is 9.59 Å². The highest BCUT2D eigenvalue weighted by Crippen LogP contribution is 2.19. The summed E-state index contributed by atoms with van der Waals surface area (Å²) in [5.41, 5.74) is 1.34. The van der Waals surface area contributed by atoms with Crippen LogP contribution in [0.4, 0.5) is 4.39 Å². The van der Waals surface area contributed by atoms with E-state index in [-0.39, 0.29) is 30.8 Å². The van der Waals surface area contributed by atoms with Crippen LogP contribution >= 0.6 is 15.9 Å². The number of hydrogen-bond acceptors (Lipinski definition) is 3. The number of rotatable bonds is 9. The number of amides is 2. The minimum atomic E-state index is -0.764. The molecule has 0 aliphatic carbocycles. The second kappa shape index (κ2) is 12.0. The molecule has 5 nitrogen and oxygen atoms in total. The van der Waals surface area contributed by atoms with Crippen molar-refractivity contribution in [2.45, 2.75) is 45.3 Å². The quantitative estimate of drug-likeness (QED) is 0.388. The molecule has 0 saturated heterocycles. The maximum absolute atomic E-state index is 13.5. The number of nitrogens with one attached hydrogen (secondary N) is 1. The molecule has 0 saturated carbocycles. The molecule has 3 rings (SSSR count). The monoisotopic (exact) mass is 540 g/mol. The molecule has 1 atom stereocenters. The maximum Gasteiger partial charge on any atom is 0.261 e. The van der Waals surface area contributed by atoms with Gasteiger partial charge in [0.25, 0.3) is 5.91 Å². The zero-order chi connectivity index (χ0) is 25.4. The summed E-state index contributed by atoms with van der Waals surface area (Å²) < 4.78 is 19.8. The zero-order valence-electron chi connectivity index (χ0n) is 20.1. The van der Waals surface area contributed by atoms with E-state index < -0.39 is 11.6 Å². The van der Waals surface area contributed by atoms with E-state index >= 15 is 0 Å². The number of benzene rings is 3. The van der Waals surface area contributed by atoms with Crippen molar-refractivity contribution in [2.75, 3.05) is 6.61 Å². The van der Waals surface area contributed by atoms with Crippen molar-refractivity contribution in [3.05, 3.63) is 100 Å². The second-order valence-corrected chi connectivity index (χ2v) is 10.3. The molecule has 0 radical (unpaired) electrons. The third kappa shape index (κ3) is 8.51. The summed E-state index contributed by atoms with van der Waals surface area (Å²) in [5, 5.41) is 3.03. The molecule has 3 aromatic carbocycles. The zero-order valence-corrected chi connectivity index (χ0v) is 21.7. The predicted octanol–water partition coefficient (Wildman–Crippen LogP) is 5.52. The average molecular weight is 541 g/mol. The van der Waals surface area contributed by atoms with Gasteiger partial charge in [-0.25, -0.2) is 4.39 Å². The fourth-order valence-corrected chi connectivity index (χ4v) is 4.04. The Morgan fingerprint density at radius 3 is 2.26 bits per heavy atom. The summed E-state index contributed by atoms with van der Waals surface area (Å²) in [4.78, 5) is 28.5. The topological polar surface area (TPSA) is 58.6 Å². The van der Waals surface area contributed by atoms with Crippen LogP contribution in [0, 0.1) is 5.82 Å². The Labute approximate surface area is 214 Å². The van der Waals surface area contributed by atoms with Crippen molar-refractivity contribution >= 4 is 27.7 Å². The molecule has 0 aromatic heterocycles. The Balaban J connectivity index is 1.92. The van der Waals surface area contributed by atoms with E-state index in [0.717, 1.165) is 15.6 Å². The van der Waals surface area contributed by atoms with Gasteiger partial charge >= 0.3 is 0 Å². The van der Waals surface area contributed by atoms with Gasteiger partial charge in [0.2, 0.25) is 5.91 Å². The number of carbonyl (C=O) groups excluding carboxylic acids is 2. The van der Waals surface area contributed by atoms with Gasteiger partial charge in [0.1, 0.15) is 17.6 Å². The molecule has 2 amide bonds. The van der Waals surface area contributed by atoms with E-state index in [0.29, 0.717) is 12.2 Å². The van der Waals surface area contributed by atoms with Crippen molar-refractivity contribution in [3.63, 3.8) is 0 Å². The van der Waals surface area contributed by atoms with Crippen LogP contribution in [0.1, 0.15) is 31.9 Å². The summed E-state index contributed by atoms with van der Waals surface area (Å²) in [6, 6.07) is 21.9. The standard InChI is InChI=1S/C28H30BrFN2O3/c1-28(2,3)31-27(34)25(17-20-8-5-4-6-9-20)32(18-21-10-7-11-22(29)16-21)26(33)19-35-24-14-12-23(30)13-15-24/h4-16,25H,17-19H2,1-3H3,(H,31,34)/t25-/m1/s1. The lowest BCUT2D eigenvalue weighted by molar-refractivity contribution is -0.143. The second-order valence-electron chi connectivity index (χ2n) is 9.34. The van der Waals surface area contributed by atoms with Crippen molar-refractivity contribution in [1.82, 2.24) is 10.2 Å². The van der Waals surface area contributed by atoms with Crippen LogP contribution in [0.3, 0.4) is 0 Å². The first-order valence-corrected chi connectivity index (χ1v) is 12.2. The molecule has 0 aliphatic rings. The lowest BCUT2D eigenvalue weighted by Crippen LogP contribution is -2.55. The van der Waals surface area contributed by atoms with Gasteiger partial charge in [-0.1, -0.05) is 58.4 Å². The van der Waals surface area contributed by atoms with E-state index in [1.807, 2.05) is 75.4 Å². The van der Waals surface area contributed by atoms with Crippen molar-refractivity contribution < 1.29 is 18.7 Å². The first kappa shape index (κ1) is 26.4. The van der Waals surface area contributed by atoms with Crippen LogP contribution in [-0.2, 0) is 22.6 Å². The highest BCUT2D eigenvalue weighted by atomic mass is 79.9. The summed E-state index contributed by atoms with van der Waals surface area (Å²) in [6.07, 6.45) is 0.346. The molecule has 0 fully saturated rings. The molecule has 0 heterocycles. The smallest absolute Gasteiger partial charge is 0.261 e. The molecule has 35 heavy (non-hydrogen) atoms. The van der Waals surface area contributed by atoms with E-state index in [1.54, 1.807) is 4.90 Å². The Morgan fingerprint density at radius 2 is 1.63 bits per heavy atom. The summed E-state index contributed by atoms with van der Waals surface area (Å²) in [5.74, 6) is -0.603. The van der Waals surface area contributed by atoms with Gasteiger partial charge in [-0.05, 0) is 68.3 Å². The molecule has 0 aliphatic heterocycles. The first-order valence-electron chi connectivity index (χ1n) is 11.4. The van der Waals surface area contributed by atoms with Crippen LogP contribution in [0.2, 0.25) is 0 Å². The molecule has 184 valence electrons. The lowest BCUT2D eigenvalue weighted by atomic mass is 10.0. The first-order chi connectivity index (χ1) is 16.6. The van der Waals surface area contributed by atoms with Gasteiger partial charge in [0.15, 0.2) is 6.61 Å². The predicted molar refractivity (Wildman–Crippen MR) is 138 cm³/mol. The molecule has 7 heteroatoms. The van der Waals surface area contributed by atoms with Crippen LogP contribution in [-0.4, -0.2) is 34.9 Å². The number of ether oxygens (including phenoxy) is 1. The van der Waals surface area contributed by atoms with Crippen molar-refractivity contribution in [3.8, 4) is 5.75 Å². The molecular weight excluding hydrogens is 511 g/mol. The third-order valence-corrected chi connectivity index (χ3v) is 5.68. The Hall–Kier alpha value is -3.19. The number of halogens is 2.